The minimum Gasteiger partial charge on any atom is -0.273 e. The van der Waals surface area contributed by atoms with E-state index in [4.69, 9.17) is 10.1 Å². The summed E-state index contributed by atoms with van der Waals surface area (Å²) >= 11 is 0. The molecule has 0 N–H and O–H groups in total. The summed E-state index contributed by atoms with van der Waals surface area (Å²) < 4.78 is 0. The summed E-state index contributed by atoms with van der Waals surface area (Å²) in [6, 6.07) is 27.0. The largest absolute Gasteiger partial charge is 0.273 e. The second kappa shape index (κ2) is 7.14. The number of imide groups is 1. The van der Waals surface area contributed by atoms with Gasteiger partial charge in [-0.25, -0.2) is 9.96 Å². The van der Waals surface area contributed by atoms with Gasteiger partial charge in [0.2, 0.25) is 5.91 Å². The standard InChI is InChI=1S/C24H17N3O3/c25-15-16-11-13-17(14-12-16)21-20-22(30-27(21)19-9-5-2-6-10-19)24(29)26(23(20)28)18-7-3-1-4-8-18/h1-14,20-22H/t20-,21+,22-/m0/s1. The molecule has 3 aromatic carbocycles. The van der Waals surface area contributed by atoms with Crippen molar-refractivity contribution in [1.29, 1.82) is 5.26 Å². The molecule has 0 saturated carbocycles. The Morgan fingerprint density at radius 1 is 0.767 bits per heavy atom. The van der Waals surface area contributed by atoms with E-state index in [1.807, 2.05) is 48.5 Å². The van der Waals surface area contributed by atoms with Crippen molar-refractivity contribution >= 4 is 23.2 Å². The normalized spacial score (nSPS) is 22.8. The summed E-state index contributed by atoms with van der Waals surface area (Å²) in [5.41, 5.74) is 2.63. The first-order chi connectivity index (χ1) is 14.7. The molecule has 3 atom stereocenters. The lowest BCUT2D eigenvalue weighted by molar-refractivity contribution is -0.126. The molecule has 2 fully saturated rings. The quantitative estimate of drug-likeness (QED) is 0.634. The molecule has 0 bridgehead atoms. The van der Waals surface area contributed by atoms with Crippen LogP contribution in [0.3, 0.4) is 0 Å². The van der Waals surface area contributed by atoms with Crippen LogP contribution in [0.1, 0.15) is 17.2 Å². The van der Waals surface area contributed by atoms with Crippen LogP contribution in [0.4, 0.5) is 11.4 Å². The zero-order valence-corrected chi connectivity index (χ0v) is 15.9. The first-order valence-corrected chi connectivity index (χ1v) is 9.63. The van der Waals surface area contributed by atoms with Crippen LogP contribution in [0.2, 0.25) is 0 Å². The van der Waals surface area contributed by atoms with Gasteiger partial charge in [-0.3, -0.25) is 14.4 Å². The number of hydrogen-bond donors (Lipinski definition) is 0. The highest BCUT2D eigenvalue weighted by Crippen LogP contribution is 2.47. The number of para-hydroxylation sites is 2. The Bertz CT molecular complexity index is 1140. The highest BCUT2D eigenvalue weighted by atomic mass is 16.7. The predicted octanol–water partition coefficient (Wildman–Crippen LogP) is 3.61. The molecule has 6 heteroatoms. The van der Waals surface area contributed by atoms with Crippen LogP contribution in [-0.4, -0.2) is 17.9 Å². The molecule has 0 aliphatic carbocycles. The third-order valence-electron chi connectivity index (χ3n) is 5.52. The van der Waals surface area contributed by atoms with Crippen LogP contribution in [0.5, 0.6) is 0 Å². The Labute approximate surface area is 173 Å². The van der Waals surface area contributed by atoms with Crippen LogP contribution in [0.25, 0.3) is 0 Å². The Kier molecular flexibility index (Phi) is 4.31. The van der Waals surface area contributed by atoms with Crippen molar-refractivity contribution in [1.82, 2.24) is 0 Å². The Morgan fingerprint density at radius 2 is 1.37 bits per heavy atom. The number of nitrogens with zero attached hydrogens (tertiary/aromatic N) is 3. The molecule has 5 rings (SSSR count). The average Bonchev–Trinajstić information content (AvgIpc) is 3.31. The molecule has 146 valence electrons. The van der Waals surface area contributed by atoms with Crippen molar-refractivity contribution in [3.05, 3.63) is 96.1 Å². The third kappa shape index (κ3) is 2.76. The molecule has 2 aliphatic heterocycles. The summed E-state index contributed by atoms with van der Waals surface area (Å²) in [7, 11) is 0. The minimum atomic E-state index is -0.904. The van der Waals surface area contributed by atoms with Crippen LogP contribution in [-0.2, 0) is 14.4 Å². The fourth-order valence-electron chi connectivity index (χ4n) is 4.14. The van der Waals surface area contributed by atoms with E-state index in [9.17, 15) is 9.59 Å². The van der Waals surface area contributed by atoms with Gasteiger partial charge in [0.15, 0.2) is 6.10 Å². The Morgan fingerprint density at radius 3 is 1.97 bits per heavy atom. The van der Waals surface area contributed by atoms with Crippen molar-refractivity contribution < 1.29 is 14.4 Å². The van der Waals surface area contributed by atoms with Crippen molar-refractivity contribution in [3.8, 4) is 6.07 Å². The molecule has 0 unspecified atom stereocenters. The van der Waals surface area contributed by atoms with E-state index >= 15 is 0 Å². The number of carbonyl (C=O) groups is 2. The summed E-state index contributed by atoms with van der Waals surface area (Å²) in [5, 5.41) is 10.8. The van der Waals surface area contributed by atoms with Gasteiger partial charge in [-0.05, 0) is 42.0 Å². The molecular weight excluding hydrogens is 378 g/mol. The molecule has 0 aromatic heterocycles. The molecule has 0 spiro atoms. The van der Waals surface area contributed by atoms with E-state index < -0.39 is 18.1 Å². The maximum atomic E-state index is 13.4. The molecule has 3 aromatic rings. The number of fused-ring (bicyclic) bond motifs is 1. The summed E-state index contributed by atoms with van der Waals surface area (Å²) in [6.07, 6.45) is -0.904. The van der Waals surface area contributed by atoms with Crippen molar-refractivity contribution in [2.45, 2.75) is 12.1 Å². The summed E-state index contributed by atoms with van der Waals surface area (Å²) in [5.74, 6) is -1.34. The molecular formula is C24H17N3O3. The second-order valence-corrected chi connectivity index (χ2v) is 7.24. The number of hydroxylamine groups is 1. The number of rotatable bonds is 3. The van der Waals surface area contributed by atoms with E-state index in [2.05, 4.69) is 6.07 Å². The first-order valence-electron chi connectivity index (χ1n) is 9.63. The molecule has 6 nitrogen and oxygen atoms in total. The van der Waals surface area contributed by atoms with Gasteiger partial charge >= 0.3 is 0 Å². The van der Waals surface area contributed by atoms with Gasteiger partial charge < -0.3 is 0 Å². The lowest BCUT2D eigenvalue weighted by Gasteiger charge is -2.28. The van der Waals surface area contributed by atoms with Crippen LogP contribution in [0.15, 0.2) is 84.9 Å². The average molecular weight is 395 g/mol. The third-order valence-corrected chi connectivity index (χ3v) is 5.52. The van der Waals surface area contributed by atoms with E-state index in [0.29, 0.717) is 11.3 Å². The number of nitriles is 1. The first kappa shape index (κ1) is 18.1. The lowest BCUT2D eigenvalue weighted by Crippen LogP contribution is -2.37. The van der Waals surface area contributed by atoms with E-state index in [-0.39, 0.29) is 11.8 Å². The SMILES string of the molecule is N#Cc1ccc([C@@H]2[C@@H]3C(=O)N(c4ccccc4)C(=O)[C@H]3ON2c2ccccc2)cc1. The zero-order chi connectivity index (χ0) is 20.7. The van der Waals surface area contributed by atoms with Gasteiger partial charge in [0.1, 0.15) is 5.92 Å². The number of amides is 2. The summed E-state index contributed by atoms with van der Waals surface area (Å²) in [6.45, 7) is 0. The maximum absolute atomic E-state index is 13.4. The minimum absolute atomic E-state index is 0.288. The molecule has 2 heterocycles. The van der Waals surface area contributed by atoms with E-state index in [1.165, 1.54) is 4.90 Å². The molecule has 30 heavy (non-hydrogen) atoms. The zero-order valence-electron chi connectivity index (χ0n) is 15.9. The number of carbonyl (C=O) groups excluding carboxylic acids is 2. The number of hydrogen-bond acceptors (Lipinski definition) is 5. The fourth-order valence-corrected chi connectivity index (χ4v) is 4.14. The van der Waals surface area contributed by atoms with Gasteiger partial charge in [-0.1, -0.05) is 48.5 Å². The Balaban J connectivity index is 1.59. The molecule has 2 saturated heterocycles. The Hall–Kier alpha value is -3.95. The van der Waals surface area contributed by atoms with Gasteiger partial charge in [-0.2, -0.15) is 5.26 Å². The van der Waals surface area contributed by atoms with E-state index in [1.54, 1.807) is 41.5 Å². The second-order valence-electron chi connectivity index (χ2n) is 7.24. The number of benzene rings is 3. The maximum Gasteiger partial charge on any atom is 0.266 e. The van der Waals surface area contributed by atoms with Crippen LogP contribution < -0.4 is 9.96 Å². The van der Waals surface area contributed by atoms with Crippen molar-refractivity contribution in [3.63, 3.8) is 0 Å². The van der Waals surface area contributed by atoms with E-state index in [0.717, 1.165) is 11.3 Å². The molecule has 2 amide bonds. The smallest absolute Gasteiger partial charge is 0.266 e. The topological polar surface area (TPSA) is 73.6 Å². The lowest BCUT2D eigenvalue weighted by atomic mass is 9.90. The van der Waals surface area contributed by atoms with Gasteiger partial charge in [0.05, 0.1) is 29.0 Å². The van der Waals surface area contributed by atoms with Gasteiger partial charge in [0.25, 0.3) is 5.91 Å². The monoisotopic (exact) mass is 395 g/mol. The molecule has 0 radical (unpaired) electrons. The fraction of sp³-hybridized carbons (Fsp3) is 0.125. The highest BCUT2D eigenvalue weighted by molar-refractivity contribution is 6.23. The van der Waals surface area contributed by atoms with Gasteiger partial charge in [-0.15, -0.1) is 0 Å². The van der Waals surface area contributed by atoms with Gasteiger partial charge in [0, 0.05) is 0 Å². The van der Waals surface area contributed by atoms with Crippen LogP contribution in [0, 0.1) is 17.2 Å². The molecule has 2 aliphatic rings. The number of anilines is 2. The van der Waals surface area contributed by atoms with Crippen LogP contribution >= 0.6 is 0 Å². The van der Waals surface area contributed by atoms with Crippen molar-refractivity contribution in [2.75, 3.05) is 9.96 Å². The van der Waals surface area contributed by atoms with Crippen molar-refractivity contribution in [2.24, 2.45) is 5.92 Å². The predicted molar refractivity (Wildman–Crippen MR) is 110 cm³/mol. The summed E-state index contributed by atoms with van der Waals surface area (Å²) in [4.78, 5) is 33.9. The highest BCUT2D eigenvalue weighted by Gasteiger charge is 2.60.